The van der Waals surface area contributed by atoms with E-state index in [9.17, 15) is 19.1 Å². The van der Waals surface area contributed by atoms with Gasteiger partial charge in [-0.3, -0.25) is 9.59 Å². The first-order valence-electron chi connectivity index (χ1n) is 5.18. The zero-order valence-electron chi connectivity index (χ0n) is 9.65. The molecule has 0 aliphatic heterocycles. The van der Waals surface area contributed by atoms with Gasteiger partial charge in [0.15, 0.2) is 4.84 Å². The fourth-order valence-corrected chi connectivity index (χ4v) is 2.05. The highest BCUT2D eigenvalue weighted by Gasteiger charge is 2.25. The molecule has 100 valence electrons. The number of hydrogen-bond donors (Lipinski definition) is 1. The summed E-state index contributed by atoms with van der Waals surface area (Å²) in [4.78, 5) is 22.3. The van der Waals surface area contributed by atoms with Gasteiger partial charge in [-0.15, -0.1) is 0 Å². The maximum absolute atomic E-state index is 13.2. The second-order valence-electron chi connectivity index (χ2n) is 3.91. The van der Waals surface area contributed by atoms with Gasteiger partial charge in [0.05, 0.1) is 5.52 Å². The van der Waals surface area contributed by atoms with Crippen LogP contribution in [0.2, 0.25) is 0 Å². The average molecular weight is 304 g/mol. The van der Waals surface area contributed by atoms with Crippen molar-refractivity contribution < 1.29 is 14.3 Å². The first kappa shape index (κ1) is 13.8. The number of aromatic nitrogens is 1. The van der Waals surface area contributed by atoms with Gasteiger partial charge in [-0.2, -0.15) is 0 Å². The third-order valence-corrected chi connectivity index (χ3v) is 3.17. The molecule has 0 amide bonds. The molecule has 19 heavy (non-hydrogen) atoms. The lowest BCUT2D eigenvalue weighted by Crippen LogP contribution is -2.27. The molecule has 7 heteroatoms. The van der Waals surface area contributed by atoms with E-state index in [2.05, 4.69) is 0 Å². The van der Waals surface area contributed by atoms with Crippen LogP contribution >= 0.6 is 23.2 Å². The molecule has 0 bridgehead atoms. The van der Waals surface area contributed by atoms with Crippen molar-refractivity contribution in [2.24, 2.45) is 7.05 Å². The van der Waals surface area contributed by atoms with E-state index in [4.69, 9.17) is 23.2 Å². The van der Waals surface area contributed by atoms with Crippen molar-refractivity contribution in [1.82, 2.24) is 4.57 Å². The molecule has 1 aromatic heterocycles. The molecule has 0 aliphatic rings. The van der Waals surface area contributed by atoms with Gasteiger partial charge in [0.25, 0.3) is 5.56 Å². The highest BCUT2D eigenvalue weighted by Crippen LogP contribution is 2.28. The number of carbonyl (C=O) groups excluding carboxylic acids is 1. The van der Waals surface area contributed by atoms with E-state index >= 15 is 0 Å². The second kappa shape index (κ2) is 4.83. The third-order valence-electron chi connectivity index (χ3n) is 2.77. The largest absolute Gasteiger partial charge is 0.506 e. The molecule has 0 spiro atoms. The van der Waals surface area contributed by atoms with E-state index in [1.165, 1.54) is 13.1 Å². The number of alkyl halides is 2. The molecule has 1 heterocycles. The molecular weight excluding hydrogens is 296 g/mol. The predicted octanol–water partition coefficient (Wildman–Crippen LogP) is 2.37. The van der Waals surface area contributed by atoms with Gasteiger partial charge in [-0.05, 0) is 18.2 Å². The Kier molecular flexibility index (Phi) is 3.52. The van der Waals surface area contributed by atoms with Gasteiger partial charge in [0.2, 0.25) is 5.78 Å². The van der Waals surface area contributed by atoms with Crippen molar-refractivity contribution in [3.05, 3.63) is 39.9 Å². The minimum atomic E-state index is -1.48. The van der Waals surface area contributed by atoms with Crippen molar-refractivity contribution in [1.29, 1.82) is 0 Å². The summed E-state index contributed by atoms with van der Waals surface area (Å²) in [6, 6.07) is 3.51. The van der Waals surface area contributed by atoms with Crippen LogP contribution in [0.15, 0.2) is 23.0 Å². The maximum Gasteiger partial charge on any atom is 0.265 e. The minimum absolute atomic E-state index is 0.0411. The topological polar surface area (TPSA) is 59.3 Å². The number of carbonyl (C=O) groups is 1. The third kappa shape index (κ3) is 2.19. The van der Waals surface area contributed by atoms with Crippen LogP contribution in [0.4, 0.5) is 4.39 Å². The van der Waals surface area contributed by atoms with Crippen LogP contribution in [-0.2, 0) is 7.05 Å². The van der Waals surface area contributed by atoms with Crippen molar-refractivity contribution >= 4 is 39.9 Å². The Bertz CT molecular complexity index is 740. The van der Waals surface area contributed by atoms with Gasteiger partial charge in [0.1, 0.15) is 17.1 Å². The van der Waals surface area contributed by atoms with Gasteiger partial charge < -0.3 is 9.67 Å². The van der Waals surface area contributed by atoms with Gasteiger partial charge in [-0.25, -0.2) is 4.39 Å². The number of nitrogens with zero attached hydrogens (tertiary/aromatic N) is 1. The molecule has 1 aromatic carbocycles. The summed E-state index contributed by atoms with van der Waals surface area (Å²) in [5, 5.41) is 10.0. The van der Waals surface area contributed by atoms with E-state index in [1.54, 1.807) is 0 Å². The SMILES string of the molecule is Cn1c(=O)c(C(=O)C(Cl)Cl)c(O)c2cc(F)ccc21. The lowest BCUT2D eigenvalue weighted by atomic mass is 10.1. The van der Waals surface area contributed by atoms with Crippen molar-refractivity contribution in [2.75, 3.05) is 0 Å². The van der Waals surface area contributed by atoms with E-state index in [-0.39, 0.29) is 5.39 Å². The summed E-state index contributed by atoms with van der Waals surface area (Å²) < 4.78 is 14.3. The van der Waals surface area contributed by atoms with Crippen LogP contribution in [0.25, 0.3) is 10.9 Å². The van der Waals surface area contributed by atoms with Crippen LogP contribution < -0.4 is 5.56 Å². The molecule has 0 saturated carbocycles. The van der Waals surface area contributed by atoms with Crippen molar-refractivity contribution in [3.8, 4) is 5.75 Å². The van der Waals surface area contributed by atoms with E-state index in [0.717, 1.165) is 16.7 Å². The monoisotopic (exact) mass is 303 g/mol. The van der Waals surface area contributed by atoms with Crippen molar-refractivity contribution in [2.45, 2.75) is 4.84 Å². The molecule has 2 aromatic rings. The molecule has 2 rings (SSSR count). The number of fused-ring (bicyclic) bond motifs is 1. The van der Waals surface area contributed by atoms with Crippen LogP contribution in [0.5, 0.6) is 5.75 Å². The number of hydrogen-bond acceptors (Lipinski definition) is 3. The standard InChI is InChI=1S/C12H8Cl2FNO3/c1-16-7-3-2-5(15)4-6(7)9(17)8(12(16)19)10(18)11(13)14/h2-4,11,17H,1H3. The van der Waals surface area contributed by atoms with Gasteiger partial charge in [0, 0.05) is 12.4 Å². The molecule has 1 N–H and O–H groups in total. The maximum atomic E-state index is 13.2. The Labute approximate surface area is 117 Å². The Hall–Kier alpha value is -1.59. The minimum Gasteiger partial charge on any atom is -0.506 e. The number of rotatable bonds is 2. The van der Waals surface area contributed by atoms with Gasteiger partial charge >= 0.3 is 0 Å². The number of ketones is 1. The quantitative estimate of drug-likeness (QED) is 0.684. The Morgan fingerprint density at radius 3 is 2.63 bits per heavy atom. The fourth-order valence-electron chi connectivity index (χ4n) is 1.83. The number of halogens is 3. The van der Waals surface area contributed by atoms with E-state index < -0.39 is 33.3 Å². The normalized spacial score (nSPS) is 11.2. The lowest BCUT2D eigenvalue weighted by Gasteiger charge is -2.11. The zero-order valence-corrected chi connectivity index (χ0v) is 11.2. The molecule has 0 aliphatic carbocycles. The molecular formula is C12H8Cl2FNO3. The van der Waals surface area contributed by atoms with E-state index in [1.807, 2.05) is 0 Å². The summed E-state index contributed by atoms with van der Waals surface area (Å²) >= 11 is 10.8. The zero-order chi connectivity index (χ0) is 14.3. The Balaban J connectivity index is 2.94. The van der Waals surface area contributed by atoms with Crippen LogP contribution in [0.1, 0.15) is 10.4 Å². The lowest BCUT2D eigenvalue weighted by molar-refractivity contribution is 0.100. The molecule has 0 unspecified atom stereocenters. The predicted molar refractivity (Wildman–Crippen MR) is 70.6 cm³/mol. The van der Waals surface area contributed by atoms with Crippen LogP contribution in [-0.4, -0.2) is 20.3 Å². The molecule has 0 saturated heterocycles. The fraction of sp³-hybridized carbons (Fsp3) is 0.167. The number of benzene rings is 1. The number of aromatic hydroxyl groups is 1. The summed E-state index contributed by atoms with van der Waals surface area (Å²) in [6.45, 7) is 0. The first-order chi connectivity index (χ1) is 8.84. The van der Waals surface area contributed by atoms with Crippen LogP contribution in [0, 0.1) is 5.82 Å². The number of Topliss-reactive ketones (excluding diaryl/α,β-unsaturated/α-hetero) is 1. The molecule has 0 radical (unpaired) electrons. The highest BCUT2D eigenvalue weighted by molar-refractivity contribution is 6.55. The molecule has 0 atom stereocenters. The number of aryl methyl sites for hydroxylation is 1. The summed E-state index contributed by atoms with van der Waals surface area (Å²) in [5.41, 5.74) is -0.996. The molecule has 4 nitrogen and oxygen atoms in total. The van der Waals surface area contributed by atoms with Gasteiger partial charge in [-0.1, -0.05) is 23.2 Å². The Morgan fingerprint density at radius 2 is 2.05 bits per heavy atom. The number of pyridine rings is 1. The first-order valence-corrected chi connectivity index (χ1v) is 6.05. The Morgan fingerprint density at radius 1 is 1.42 bits per heavy atom. The van der Waals surface area contributed by atoms with Crippen LogP contribution in [0.3, 0.4) is 0 Å². The smallest absolute Gasteiger partial charge is 0.265 e. The summed E-state index contributed by atoms with van der Waals surface area (Å²) in [5.74, 6) is -2.14. The molecule has 0 fully saturated rings. The average Bonchev–Trinajstić information content (AvgIpc) is 2.36. The van der Waals surface area contributed by atoms with Crippen molar-refractivity contribution in [3.63, 3.8) is 0 Å². The summed E-state index contributed by atoms with van der Waals surface area (Å²) in [6.07, 6.45) is 0. The summed E-state index contributed by atoms with van der Waals surface area (Å²) in [7, 11) is 1.40. The second-order valence-corrected chi connectivity index (χ2v) is 5.01. The highest BCUT2D eigenvalue weighted by atomic mass is 35.5. The van der Waals surface area contributed by atoms with E-state index in [0.29, 0.717) is 5.52 Å².